The fraction of sp³-hybridized carbons (Fsp3) is 0.294. The first-order valence-electron chi connectivity index (χ1n) is 7.76. The summed E-state index contributed by atoms with van der Waals surface area (Å²) < 4.78 is 5.60. The molecule has 0 fully saturated rings. The predicted molar refractivity (Wildman–Crippen MR) is 93.3 cm³/mol. The van der Waals surface area contributed by atoms with Crippen LogP contribution in [0.15, 0.2) is 36.4 Å². The van der Waals surface area contributed by atoms with Gasteiger partial charge in [-0.1, -0.05) is 29.8 Å². The zero-order valence-electron chi connectivity index (χ0n) is 13.3. The SMILES string of the molecule is C[C@H](N)c1cccc(NC(=O)N[C@H]2CCOc3c(Cl)cccc32)n1. The van der Waals surface area contributed by atoms with Gasteiger partial charge in [-0.15, -0.1) is 0 Å². The molecule has 126 valence electrons. The summed E-state index contributed by atoms with van der Waals surface area (Å²) in [5, 5.41) is 6.23. The normalized spacial score (nSPS) is 17.4. The number of rotatable bonds is 3. The van der Waals surface area contributed by atoms with Gasteiger partial charge in [0.15, 0.2) is 0 Å². The summed E-state index contributed by atoms with van der Waals surface area (Å²) in [5.74, 6) is 1.09. The van der Waals surface area contributed by atoms with E-state index in [-0.39, 0.29) is 18.1 Å². The molecular formula is C17H19ClN4O2. The van der Waals surface area contributed by atoms with Crippen molar-refractivity contribution in [3.05, 3.63) is 52.7 Å². The first kappa shape index (κ1) is 16.5. The molecule has 1 aromatic heterocycles. The number of halogens is 1. The number of pyridine rings is 1. The van der Waals surface area contributed by atoms with Crippen LogP contribution >= 0.6 is 11.6 Å². The van der Waals surface area contributed by atoms with E-state index >= 15 is 0 Å². The number of anilines is 1. The molecule has 24 heavy (non-hydrogen) atoms. The van der Waals surface area contributed by atoms with Crippen LogP contribution in [0.25, 0.3) is 0 Å². The average molecular weight is 347 g/mol. The van der Waals surface area contributed by atoms with E-state index in [9.17, 15) is 4.79 Å². The molecule has 1 aliphatic heterocycles. The van der Waals surface area contributed by atoms with Crippen LogP contribution in [0.4, 0.5) is 10.6 Å². The van der Waals surface area contributed by atoms with Crippen LogP contribution in [0.1, 0.15) is 36.7 Å². The van der Waals surface area contributed by atoms with Crippen molar-refractivity contribution in [1.82, 2.24) is 10.3 Å². The standard InChI is InChI=1S/C17H19ClN4O2/c1-10(19)13-6-3-7-15(20-13)22-17(23)21-14-8-9-24-16-11(14)4-2-5-12(16)18/h2-7,10,14H,8-9,19H2,1H3,(H2,20,21,22,23)/t10-,14-/m0/s1. The number of carbonyl (C=O) groups excluding carboxylic acids is 1. The number of carbonyl (C=O) groups is 1. The van der Waals surface area contributed by atoms with Gasteiger partial charge in [-0.3, -0.25) is 5.32 Å². The van der Waals surface area contributed by atoms with Crippen molar-refractivity contribution in [2.75, 3.05) is 11.9 Å². The first-order chi connectivity index (χ1) is 11.5. The van der Waals surface area contributed by atoms with Crippen LogP contribution in [0, 0.1) is 0 Å². The van der Waals surface area contributed by atoms with Crippen molar-refractivity contribution in [2.24, 2.45) is 5.73 Å². The zero-order chi connectivity index (χ0) is 17.1. The van der Waals surface area contributed by atoms with Gasteiger partial charge in [-0.05, 0) is 25.1 Å². The van der Waals surface area contributed by atoms with Crippen molar-refractivity contribution in [2.45, 2.75) is 25.4 Å². The molecule has 2 atom stereocenters. The van der Waals surface area contributed by atoms with E-state index in [0.29, 0.717) is 29.6 Å². The van der Waals surface area contributed by atoms with Crippen LogP contribution in [-0.4, -0.2) is 17.6 Å². The van der Waals surface area contributed by atoms with Gasteiger partial charge in [0.05, 0.1) is 23.4 Å². The van der Waals surface area contributed by atoms with E-state index in [0.717, 1.165) is 11.3 Å². The number of aromatic nitrogens is 1. The monoisotopic (exact) mass is 346 g/mol. The number of ether oxygens (including phenoxy) is 1. The molecule has 2 amide bonds. The Balaban J connectivity index is 1.70. The average Bonchev–Trinajstić information content (AvgIpc) is 2.56. The van der Waals surface area contributed by atoms with Crippen molar-refractivity contribution in [3.63, 3.8) is 0 Å². The molecule has 0 saturated carbocycles. The minimum Gasteiger partial charge on any atom is -0.492 e. The number of nitrogens with one attached hydrogen (secondary N) is 2. The summed E-state index contributed by atoms with van der Waals surface area (Å²) in [7, 11) is 0. The molecule has 0 radical (unpaired) electrons. The highest BCUT2D eigenvalue weighted by molar-refractivity contribution is 6.32. The summed E-state index contributed by atoms with van der Waals surface area (Å²) in [6, 6.07) is 10.2. The van der Waals surface area contributed by atoms with Gasteiger partial charge < -0.3 is 15.8 Å². The topological polar surface area (TPSA) is 89.3 Å². The summed E-state index contributed by atoms with van der Waals surface area (Å²) in [4.78, 5) is 16.6. The maximum absolute atomic E-state index is 12.3. The Hall–Kier alpha value is -2.31. The molecule has 0 unspecified atom stereocenters. The predicted octanol–water partition coefficient (Wildman–Crippen LogP) is 3.40. The molecule has 3 rings (SSSR count). The number of benzene rings is 1. The second-order valence-corrected chi connectivity index (χ2v) is 6.09. The molecule has 1 aliphatic rings. The molecule has 4 N–H and O–H groups in total. The van der Waals surface area contributed by atoms with Crippen molar-refractivity contribution in [3.8, 4) is 5.75 Å². The van der Waals surface area contributed by atoms with Crippen molar-refractivity contribution < 1.29 is 9.53 Å². The Morgan fingerprint density at radius 1 is 1.38 bits per heavy atom. The van der Waals surface area contributed by atoms with Crippen LogP contribution < -0.4 is 21.1 Å². The lowest BCUT2D eigenvalue weighted by molar-refractivity contribution is 0.232. The number of fused-ring (bicyclic) bond motifs is 1. The maximum atomic E-state index is 12.3. The van der Waals surface area contributed by atoms with Crippen LogP contribution in [0.3, 0.4) is 0 Å². The Bertz CT molecular complexity index is 751. The number of nitrogens with two attached hydrogens (primary N) is 1. The van der Waals surface area contributed by atoms with Gasteiger partial charge >= 0.3 is 6.03 Å². The highest BCUT2D eigenvalue weighted by Crippen LogP contribution is 2.37. The number of hydrogen-bond acceptors (Lipinski definition) is 4. The Labute approximate surface area is 145 Å². The third kappa shape index (κ3) is 3.60. The number of para-hydroxylation sites is 1. The first-order valence-corrected chi connectivity index (χ1v) is 8.13. The number of nitrogens with zero attached hydrogens (tertiary/aromatic N) is 1. The third-order valence-electron chi connectivity index (χ3n) is 3.81. The maximum Gasteiger partial charge on any atom is 0.320 e. The van der Waals surface area contributed by atoms with Crippen LogP contribution in [-0.2, 0) is 0 Å². The number of amides is 2. The van der Waals surface area contributed by atoms with Crippen molar-refractivity contribution >= 4 is 23.4 Å². The molecule has 2 aromatic rings. The molecule has 0 spiro atoms. The molecule has 2 heterocycles. The zero-order valence-corrected chi connectivity index (χ0v) is 14.0. The molecular weight excluding hydrogens is 328 g/mol. The van der Waals surface area contributed by atoms with E-state index in [2.05, 4.69) is 15.6 Å². The van der Waals surface area contributed by atoms with E-state index in [4.69, 9.17) is 22.1 Å². The van der Waals surface area contributed by atoms with Gasteiger partial charge in [0.2, 0.25) is 0 Å². The van der Waals surface area contributed by atoms with E-state index in [1.807, 2.05) is 31.2 Å². The Morgan fingerprint density at radius 2 is 2.17 bits per heavy atom. The van der Waals surface area contributed by atoms with Gasteiger partial charge in [-0.2, -0.15) is 0 Å². The lowest BCUT2D eigenvalue weighted by Crippen LogP contribution is -2.35. The van der Waals surface area contributed by atoms with Gasteiger partial charge in [-0.25, -0.2) is 9.78 Å². The summed E-state index contributed by atoms with van der Waals surface area (Å²) in [5.41, 5.74) is 7.41. The quantitative estimate of drug-likeness (QED) is 0.794. The van der Waals surface area contributed by atoms with Gasteiger partial charge in [0.25, 0.3) is 0 Å². The van der Waals surface area contributed by atoms with E-state index < -0.39 is 0 Å². The minimum absolute atomic E-state index is 0.163. The van der Waals surface area contributed by atoms with Crippen LogP contribution in [0.5, 0.6) is 5.75 Å². The molecule has 6 nitrogen and oxygen atoms in total. The Kier molecular flexibility index (Phi) is 4.87. The lowest BCUT2D eigenvalue weighted by atomic mass is 10.0. The second-order valence-electron chi connectivity index (χ2n) is 5.68. The molecule has 7 heteroatoms. The molecule has 0 aliphatic carbocycles. The highest BCUT2D eigenvalue weighted by Gasteiger charge is 2.24. The molecule has 0 saturated heterocycles. The Morgan fingerprint density at radius 3 is 2.96 bits per heavy atom. The fourth-order valence-corrected chi connectivity index (χ4v) is 2.86. The van der Waals surface area contributed by atoms with Crippen LogP contribution in [0.2, 0.25) is 5.02 Å². The van der Waals surface area contributed by atoms with Gasteiger partial charge in [0.1, 0.15) is 11.6 Å². The van der Waals surface area contributed by atoms with E-state index in [1.165, 1.54) is 0 Å². The smallest absolute Gasteiger partial charge is 0.320 e. The molecule has 0 bridgehead atoms. The summed E-state index contributed by atoms with van der Waals surface area (Å²) in [6.45, 7) is 2.34. The molecule has 1 aromatic carbocycles. The lowest BCUT2D eigenvalue weighted by Gasteiger charge is -2.27. The number of urea groups is 1. The minimum atomic E-state index is -0.331. The van der Waals surface area contributed by atoms with Crippen molar-refractivity contribution in [1.29, 1.82) is 0 Å². The summed E-state index contributed by atoms with van der Waals surface area (Å²) >= 11 is 6.15. The second kappa shape index (κ2) is 7.07. The van der Waals surface area contributed by atoms with Gasteiger partial charge in [0, 0.05) is 18.0 Å². The largest absolute Gasteiger partial charge is 0.492 e. The third-order valence-corrected chi connectivity index (χ3v) is 4.11. The van der Waals surface area contributed by atoms with E-state index in [1.54, 1.807) is 12.1 Å². The fourth-order valence-electron chi connectivity index (χ4n) is 2.62. The highest BCUT2D eigenvalue weighted by atomic mass is 35.5. The number of hydrogen-bond donors (Lipinski definition) is 3. The summed E-state index contributed by atoms with van der Waals surface area (Å²) in [6.07, 6.45) is 0.675.